The SMILES string of the molecule is CN1Cc2ccccc2C(Cl)(c2ccc3sccc3c2)C1. The van der Waals surface area contributed by atoms with Crippen LogP contribution in [0.3, 0.4) is 0 Å². The van der Waals surface area contributed by atoms with Gasteiger partial charge in [0.2, 0.25) is 0 Å². The Kier molecular flexibility index (Phi) is 3.07. The molecule has 106 valence electrons. The van der Waals surface area contributed by atoms with Gasteiger partial charge in [-0.1, -0.05) is 30.3 Å². The zero-order chi connectivity index (χ0) is 14.4. The van der Waals surface area contributed by atoms with Gasteiger partial charge in [-0.2, -0.15) is 0 Å². The van der Waals surface area contributed by atoms with Gasteiger partial charge in [-0.3, -0.25) is 4.90 Å². The lowest BCUT2D eigenvalue weighted by Crippen LogP contribution is -2.41. The van der Waals surface area contributed by atoms with Gasteiger partial charge < -0.3 is 0 Å². The van der Waals surface area contributed by atoms with E-state index in [1.165, 1.54) is 26.8 Å². The van der Waals surface area contributed by atoms with Crippen molar-refractivity contribution in [1.29, 1.82) is 0 Å². The number of halogens is 1. The number of likely N-dealkylation sites (N-methyl/N-ethyl adjacent to an activating group) is 1. The van der Waals surface area contributed by atoms with E-state index >= 15 is 0 Å². The van der Waals surface area contributed by atoms with Crippen LogP contribution in [0.1, 0.15) is 16.7 Å². The predicted molar refractivity (Wildman–Crippen MR) is 91.2 cm³/mol. The Morgan fingerprint density at radius 3 is 2.90 bits per heavy atom. The number of benzene rings is 2. The van der Waals surface area contributed by atoms with E-state index in [0.717, 1.165) is 13.1 Å². The quantitative estimate of drug-likeness (QED) is 0.582. The summed E-state index contributed by atoms with van der Waals surface area (Å²) in [6, 6.07) is 17.3. The van der Waals surface area contributed by atoms with Crippen molar-refractivity contribution in [2.75, 3.05) is 13.6 Å². The van der Waals surface area contributed by atoms with E-state index in [-0.39, 0.29) is 0 Å². The van der Waals surface area contributed by atoms with Crippen molar-refractivity contribution >= 4 is 33.0 Å². The molecule has 1 aliphatic rings. The Morgan fingerprint density at radius 1 is 1.14 bits per heavy atom. The first kappa shape index (κ1) is 13.3. The summed E-state index contributed by atoms with van der Waals surface area (Å²) in [6.07, 6.45) is 0. The molecule has 1 aromatic heterocycles. The normalized spacial score (nSPS) is 22.4. The predicted octanol–water partition coefficient (Wildman–Crippen LogP) is 4.83. The van der Waals surface area contributed by atoms with Crippen molar-refractivity contribution < 1.29 is 0 Å². The van der Waals surface area contributed by atoms with Crippen LogP contribution in [0.2, 0.25) is 0 Å². The second-order valence-corrected chi connectivity index (χ2v) is 7.40. The number of hydrogen-bond acceptors (Lipinski definition) is 2. The molecule has 0 saturated carbocycles. The second kappa shape index (κ2) is 4.84. The zero-order valence-corrected chi connectivity index (χ0v) is 13.4. The molecule has 0 bridgehead atoms. The highest BCUT2D eigenvalue weighted by Gasteiger charge is 2.38. The van der Waals surface area contributed by atoms with Gasteiger partial charge >= 0.3 is 0 Å². The van der Waals surface area contributed by atoms with Crippen LogP contribution in [0.4, 0.5) is 0 Å². The Labute approximate surface area is 133 Å². The van der Waals surface area contributed by atoms with E-state index in [0.29, 0.717) is 0 Å². The zero-order valence-electron chi connectivity index (χ0n) is 11.8. The van der Waals surface area contributed by atoms with E-state index in [9.17, 15) is 0 Å². The van der Waals surface area contributed by atoms with Crippen molar-refractivity contribution in [3.05, 3.63) is 70.6 Å². The summed E-state index contributed by atoms with van der Waals surface area (Å²) in [5.41, 5.74) is 3.76. The van der Waals surface area contributed by atoms with Crippen LogP contribution in [0.25, 0.3) is 10.1 Å². The van der Waals surface area contributed by atoms with Crippen LogP contribution in [0.15, 0.2) is 53.9 Å². The molecule has 1 aliphatic heterocycles. The van der Waals surface area contributed by atoms with Gasteiger partial charge in [0.15, 0.2) is 0 Å². The Hall–Kier alpha value is -1.35. The van der Waals surface area contributed by atoms with Crippen molar-refractivity contribution in [1.82, 2.24) is 4.90 Å². The minimum Gasteiger partial charge on any atom is -0.300 e. The molecule has 3 aromatic rings. The van der Waals surface area contributed by atoms with Crippen molar-refractivity contribution in [2.24, 2.45) is 0 Å². The molecule has 0 aliphatic carbocycles. The van der Waals surface area contributed by atoms with E-state index in [2.05, 4.69) is 65.9 Å². The molecule has 0 saturated heterocycles. The third-order valence-corrected chi connectivity index (χ3v) is 5.72. The lowest BCUT2D eigenvalue weighted by Gasteiger charge is -2.39. The molecule has 1 unspecified atom stereocenters. The minimum absolute atomic E-state index is 0.459. The number of nitrogens with zero attached hydrogens (tertiary/aromatic N) is 1. The third-order valence-electron chi connectivity index (χ3n) is 4.28. The lowest BCUT2D eigenvalue weighted by molar-refractivity contribution is 0.279. The van der Waals surface area contributed by atoms with E-state index in [1.807, 2.05) is 0 Å². The van der Waals surface area contributed by atoms with Crippen LogP contribution in [-0.2, 0) is 11.4 Å². The van der Waals surface area contributed by atoms with Crippen molar-refractivity contribution in [3.63, 3.8) is 0 Å². The Bertz CT molecular complexity index is 810. The van der Waals surface area contributed by atoms with Crippen molar-refractivity contribution in [3.8, 4) is 0 Å². The summed E-state index contributed by atoms with van der Waals surface area (Å²) in [6.45, 7) is 1.80. The largest absolute Gasteiger partial charge is 0.300 e. The fourth-order valence-corrected chi connectivity index (χ4v) is 4.59. The molecule has 4 rings (SSSR count). The van der Waals surface area contributed by atoms with Gasteiger partial charge in [0.05, 0.1) is 0 Å². The molecule has 2 aromatic carbocycles. The highest BCUT2D eigenvalue weighted by Crippen LogP contribution is 2.43. The average Bonchev–Trinajstić information content (AvgIpc) is 2.94. The van der Waals surface area contributed by atoms with E-state index in [1.54, 1.807) is 11.3 Å². The summed E-state index contributed by atoms with van der Waals surface area (Å²) < 4.78 is 1.32. The number of thiophene rings is 1. The Morgan fingerprint density at radius 2 is 2.00 bits per heavy atom. The Balaban J connectivity index is 1.92. The molecule has 0 amide bonds. The summed E-state index contributed by atoms with van der Waals surface area (Å²) in [7, 11) is 2.14. The highest BCUT2D eigenvalue weighted by atomic mass is 35.5. The topological polar surface area (TPSA) is 3.24 Å². The summed E-state index contributed by atoms with van der Waals surface area (Å²) in [5, 5.41) is 3.42. The maximum absolute atomic E-state index is 7.16. The second-order valence-electron chi connectivity index (χ2n) is 5.80. The molecule has 1 nitrogen and oxygen atoms in total. The first-order valence-electron chi connectivity index (χ1n) is 7.10. The van der Waals surface area contributed by atoms with Gasteiger partial charge in [0, 0.05) is 17.8 Å². The van der Waals surface area contributed by atoms with Gasteiger partial charge in [-0.15, -0.1) is 22.9 Å². The molecular formula is C18H16ClNS. The highest BCUT2D eigenvalue weighted by molar-refractivity contribution is 7.17. The van der Waals surface area contributed by atoms with E-state index in [4.69, 9.17) is 11.6 Å². The smallest absolute Gasteiger partial charge is 0.107 e. The van der Waals surface area contributed by atoms with Gasteiger partial charge in [-0.05, 0) is 52.7 Å². The molecule has 2 heterocycles. The standard InChI is InChI=1S/C18H16ClNS/c1-20-11-14-4-2-3-5-16(14)18(19,12-20)15-6-7-17-13(10-15)8-9-21-17/h2-10H,11-12H2,1H3. The molecule has 0 radical (unpaired) electrons. The third kappa shape index (κ3) is 2.10. The number of rotatable bonds is 1. The van der Waals surface area contributed by atoms with Crippen LogP contribution >= 0.6 is 22.9 Å². The van der Waals surface area contributed by atoms with Crippen LogP contribution in [0.5, 0.6) is 0 Å². The molecule has 21 heavy (non-hydrogen) atoms. The van der Waals surface area contributed by atoms with Gasteiger partial charge in [0.25, 0.3) is 0 Å². The summed E-state index contributed by atoms with van der Waals surface area (Å²) >= 11 is 8.93. The maximum atomic E-state index is 7.16. The molecule has 3 heteroatoms. The fraction of sp³-hybridized carbons (Fsp3) is 0.222. The number of hydrogen-bond donors (Lipinski definition) is 0. The van der Waals surface area contributed by atoms with Crippen LogP contribution < -0.4 is 0 Å². The first-order chi connectivity index (χ1) is 10.2. The minimum atomic E-state index is -0.459. The molecular weight excluding hydrogens is 298 g/mol. The van der Waals surface area contributed by atoms with Gasteiger partial charge in [-0.25, -0.2) is 0 Å². The summed E-state index contributed by atoms with van der Waals surface area (Å²) in [4.78, 5) is 1.84. The molecule has 0 fully saturated rings. The molecule has 1 atom stereocenters. The average molecular weight is 314 g/mol. The maximum Gasteiger partial charge on any atom is 0.107 e. The van der Waals surface area contributed by atoms with Crippen molar-refractivity contribution in [2.45, 2.75) is 11.4 Å². The van der Waals surface area contributed by atoms with Crippen LogP contribution in [0, 0.1) is 0 Å². The summed E-state index contributed by atoms with van der Waals surface area (Å²) in [5.74, 6) is 0. The fourth-order valence-electron chi connectivity index (χ4n) is 3.31. The molecule has 0 N–H and O–H groups in total. The number of fused-ring (bicyclic) bond motifs is 2. The lowest BCUT2D eigenvalue weighted by atomic mass is 9.83. The first-order valence-corrected chi connectivity index (χ1v) is 8.36. The van der Waals surface area contributed by atoms with E-state index < -0.39 is 4.87 Å². The van der Waals surface area contributed by atoms with Crippen LogP contribution in [-0.4, -0.2) is 18.5 Å². The number of alkyl halides is 1. The molecule has 0 spiro atoms. The monoisotopic (exact) mass is 313 g/mol. The van der Waals surface area contributed by atoms with Gasteiger partial charge in [0.1, 0.15) is 4.87 Å².